The Balaban J connectivity index is 3.00. The molecule has 0 bridgehead atoms. The Bertz CT molecular complexity index is 444. The zero-order valence-corrected chi connectivity index (χ0v) is 13.2. The average Bonchev–Trinajstić information content (AvgIpc) is 2.32. The lowest BCUT2D eigenvalue weighted by atomic mass is 10.00. The van der Waals surface area contributed by atoms with Crippen LogP contribution in [0.25, 0.3) is 0 Å². The van der Waals surface area contributed by atoms with Gasteiger partial charge in [0.1, 0.15) is 0 Å². The number of rotatable bonds is 6. The van der Waals surface area contributed by atoms with Gasteiger partial charge in [0.2, 0.25) is 0 Å². The van der Waals surface area contributed by atoms with Gasteiger partial charge in [-0.25, -0.2) is 0 Å². The van der Waals surface area contributed by atoms with Crippen molar-refractivity contribution in [1.82, 2.24) is 0 Å². The maximum atomic E-state index is 12.0. The van der Waals surface area contributed by atoms with Crippen LogP contribution in [-0.4, -0.2) is 23.7 Å². The van der Waals surface area contributed by atoms with E-state index < -0.39 is 0 Å². The van der Waals surface area contributed by atoms with Crippen LogP contribution in [-0.2, 0) is 16.0 Å². The highest BCUT2D eigenvalue weighted by molar-refractivity contribution is 9.10. The molecular formula is C13H14Br2O3. The summed E-state index contributed by atoms with van der Waals surface area (Å²) in [5.74, 6) is -0.301. The minimum Gasteiger partial charge on any atom is -0.466 e. The molecule has 0 saturated heterocycles. The van der Waals surface area contributed by atoms with Crippen molar-refractivity contribution in [2.75, 3.05) is 11.9 Å². The van der Waals surface area contributed by atoms with Gasteiger partial charge < -0.3 is 4.74 Å². The summed E-state index contributed by atoms with van der Waals surface area (Å²) in [5.41, 5.74) is 1.28. The third-order valence-corrected chi connectivity index (χ3v) is 3.51. The average molecular weight is 378 g/mol. The van der Waals surface area contributed by atoms with Crippen molar-refractivity contribution in [1.29, 1.82) is 0 Å². The summed E-state index contributed by atoms with van der Waals surface area (Å²) < 4.78 is 5.68. The summed E-state index contributed by atoms with van der Waals surface area (Å²) >= 11 is 6.62. The number of hydrogen-bond donors (Lipinski definition) is 0. The largest absolute Gasteiger partial charge is 0.466 e. The number of carbonyl (C=O) groups excluding carboxylic acids is 2. The van der Waals surface area contributed by atoms with Gasteiger partial charge in [0, 0.05) is 21.8 Å². The monoisotopic (exact) mass is 376 g/mol. The molecule has 0 aliphatic heterocycles. The third kappa shape index (κ3) is 4.21. The molecule has 0 aromatic heterocycles. The molecule has 1 aromatic rings. The Hall–Kier alpha value is -0.680. The molecule has 18 heavy (non-hydrogen) atoms. The number of Topliss-reactive ketones (excluding diaryl/α,β-unsaturated/α-hetero) is 1. The van der Waals surface area contributed by atoms with Gasteiger partial charge in [-0.05, 0) is 18.6 Å². The minimum atomic E-state index is -0.322. The molecule has 0 atom stereocenters. The van der Waals surface area contributed by atoms with Gasteiger partial charge in [-0.15, -0.1) is 0 Å². The van der Waals surface area contributed by atoms with Crippen LogP contribution in [0.3, 0.4) is 0 Å². The van der Waals surface area contributed by atoms with Crippen LogP contribution < -0.4 is 0 Å². The normalized spacial score (nSPS) is 10.2. The molecule has 3 nitrogen and oxygen atoms in total. The molecule has 1 aromatic carbocycles. The van der Waals surface area contributed by atoms with Crippen LogP contribution in [0.4, 0.5) is 0 Å². The molecule has 0 aliphatic carbocycles. The Morgan fingerprint density at radius 2 is 2.06 bits per heavy atom. The van der Waals surface area contributed by atoms with Crippen molar-refractivity contribution in [3.05, 3.63) is 33.8 Å². The topological polar surface area (TPSA) is 43.4 Å². The van der Waals surface area contributed by atoms with Gasteiger partial charge in [-0.3, -0.25) is 9.59 Å². The number of alkyl halides is 1. The predicted octanol–water partition coefficient (Wildman–Crippen LogP) is 3.52. The lowest BCUT2D eigenvalue weighted by Gasteiger charge is -2.10. The summed E-state index contributed by atoms with van der Waals surface area (Å²) in [7, 11) is 0. The molecule has 98 valence electrons. The van der Waals surface area contributed by atoms with E-state index in [4.69, 9.17) is 4.74 Å². The molecule has 0 unspecified atom stereocenters. The maximum Gasteiger partial charge on any atom is 0.310 e. The van der Waals surface area contributed by atoms with Crippen molar-refractivity contribution in [2.24, 2.45) is 0 Å². The van der Waals surface area contributed by atoms with Crippen LogP contribution in [0.15, 0.2) is 22.7 Å². The highest BCUT2D eigenvalue weighted by Gasteiger charge is 2.16. The Morgan fingerprint density at radius 3 is 2.67 bits per heavy atom. The molecule has 5 heteroatoms. The summed E-state index contributed by atoms with van der Waals surface area (Å²) in [6.07, 6.45) is 0.519. The van der Waals surface area contributed by atoms with Crippen LogP contribution in [0, 0.1) is 0 Å². The van der Waals surface area contributed by atoms with Crippen LogP contribution >= 0.6 is 31.9 Å². The number of esters is 1. The van der Waals surface area contributed by atoms with E-state index in [2.05, 4.69) is 31.9 Å². The van der Waals surface area contributed by atoms with E-state index in [-0.39, 0.29) is 18.2 Å². The van der Waals surface area contributed by atoms with Crippen molar-refractivity contribution >= 4 is 43.6 Å². The van der Waals surface area contributed by atoms with Gasteiger partial charge in [-0.2, -0.15) is 0 Å². The van der Waals surface area contributed by atoms with E-state index in [9.17, 15) is 9.59 Å². The fourth-order valence-corrected chi connectivity index (χ4v) is 2.44. The SMILES string of the molecule is CCOC(=O)Cc1c(Br)cccc1C(=O)CCBr. The van der Waals surface area contributed by atoms with E-state index in [1.165, 1.54) is 0 Å². The van der Waals surface area contributed by atoms with Crippen molar-refractivity contribution in [3.63, 3.8) is 0 Å². The number of benzene rings is 1. The van der Waals surface area contributed by atoms with E-state index in [1.54, 1.807) is 19.1 Å². The Kier molecular flexibility index (Phi) is 6.57. The molecular weight excluding hydrogens is 364 g/mol. The van der Waals surface area contributed by atoms with E-state index in [0.717, 1.165) is 4.47 Å². The smallest absolute Gasteiger partial charge is 0.310 e. The molecule has 0 heterocycles. The van der Waals surface area contributed by atoms with Gasteiger partial charge in [0.05, 0.1) is 13.0 Å². The van der Waals surface area contributed by atoms with Gasteiger partial charge >= 0.3 is 5.97 Å². The van der Waals surface area contributed by atoms with Gasteiger partial charge in [0.25, 0.3) is 0 Å². The molecule has 0 N–H and O–H groups in total. The first kappa shape index (κ1) is 15.4. The second-order valence-electron chi connectivity index (χ2n) is 3.61. The highest BCUT2D eigenvalue weighted by Crippen LogP contribution is 2.23. The first-order chi connectivity index (χ1) is 8.60. The minimum absolute atomic E-state index is 0.0208. The molecule has 0 spiro atoms. The number of carbonyl (C=O) groups is 2. The van der Waals surface area contributed by atoms with Crippen LogP contribution in [0.1, 0.15) is 29.3 Å². The van der Waals surface area contributed by atoms with Gasteiger partial charge in [0.15, 0.2) is 5.78 Å². The highest BCUT2D eigenvalue weighted by atomic mass is 79.9. The van der Waals surface area contributed by atoms with Crippen molar-refractivity contribution < 1.29 is 14.3 Å². The van der Waals surface area contributed by atoms with Crippen molar-refractivity contribution in [3.8, 4) is 0 Å². The first-order valence-electron chi connectivity index (χ1n) is 5.62. The zero-order chi connectivity index (χ0) is 13.5. The molecule has 0 amide bonds. The second-order valence-corrected chi connectivity index (χ2v) is 5.26. The lowest BCUT2D eigenvalue weighted by molar-refractivity contribution is -0.142. The standard InChI is InChI=1S/C13H14Br2O3/c1-2-18-13(17)8-10-9(12(16)6-7-14)4-3-5-11(10)15/h3-5H,2,6-8H2,1H3. The maximum absolute atomic E-state index is 12.0. The summed E-state index contributed by atoms with van der Waals surface area (Å²) in [4.78, 5) is 23.5. The summed E-state index contributed by atoms with van der Waals surface area (Å²) in [6, 6.07) is 5.35. The molecule has 0 saturated carbocycles. The molecule has 1 rings (SSSR count). The first-order valence-corrected chi connectivity index (χ1v) is 7.53. The Labute approximate surface area is 123 Å². The number of hydrogen-bond acceptors (Lipinski definition) is 3. The number of ether oxygens (including phenoxy) is 1. The van der Waals surface area contributed by atoms with Crippen LogP contribution in [0.5, 0.6) is 0 Å². The Morgan fingerprint density at radius 1 is 1.33 bits per heavy atom. The molecule has 0 fully saturated rings. The fraction of sp³-hybridized carbons (Fsp3) is 0.385. The van der Waals surface area contributed by atoms with E-state index >= 15 is 0 Å². The quantitative estimate of drug-likeness (QED) is 0.432. The van der Waals surface area contributed by atoms with E-state index in [1.807, 2.05) is 6.07 Å². The number of ketones is 1. The fourth-order valence-electron chi connectivity index (χ4n) is 1.58. The zero-order valence-electron chi connectivity index (χ0n) is 10.0. The predicted molar refractivity (Wildman–Crippen MR) is 77.2 cm³/mol. The van der Waals surface area contributed by atoms with Gasteiger partial charge in [-0.1, -0.05) is 44.0 Å². The lowest BCUT2D eigenvalue weighted by Crippen LogP contribution is -2.12. The van der Waals surface area contributed by atoms with Crippen LogP contribution in [0.2, 0.25) is 0 Å². The summed E-state index contributed by atoms with van der Waals surface area (Å²) in [5, 5.41) is 0.608. The number of halogens is 2. The third-order valence-electron chi connectivity index (χ3n) is 2.37. The molecule has 0 radical (unpaired) electrons. The summed E-state index contributed by atoms with van der Waals surface area (Å²) in [6.45, 7) is 2.10. The molecule has 0 aliphatic rings. The second kappa shape index (κ2) is 7.69. The van der Waals surface area contributed by atoms with Crippen molar-refractivity contribution in [2.45, 2.75) is 19.8 Å². The van der Waals surface area contributed by atoms with E-state index in [0.29, 0.717) is 29.5 Å².